The van der Waals surface area contributed by atoms with Gasteiger partial charge in [0.15, 0.2) is 5.69 Å². The van der Waals surface area contributed by atoms with Crippen LogP contribution in [0, 0.1) is 0 Å². The molecule has 23 heavy (non-hydrogen) atoms. The minimum absolute atomic E-state index is 0.0939. The Morgan fingerprint density at radius 2 is 1.83 bits per heavy atom. The van der Waals surface area contributed by atoms with Gasteiger partial charge in [0.25, 0.3) is 5.91 Å². The van der Waals surface area contributed by atoms with Gasteiger partial charge in [0.05, 0.1) is 5.69 Å². The third-order valence-corrected chi connectivity index (χ3v) is 4.12. The second-order valence-electron chi connectivity index (χ2n) is 5.73. The molecule has 3 rings (SSSR count). The fourth-order valence-electron chi connectivity index (χ4n) is 2.77. The Hall–Kier alpha value is -2.63. The molecular formula is C17H20N4O2. The van der Waals surface area contributed by atoms with Crippen LogP contribution in [0.4, 0.5) is 0 Å². The van der Waals surface area contributed by atoms with Crippen molar-refractivity contribution in [2.45, 2.75) is 25.8 Å². The average Bonchev–Trinajstić information content (AvgIpc) is 3.06. The maximum absolute atomic E-state index is 12.3. The van der Waals surface area contributed by atoms with Gasteiger partial charge in [0.1, 0.15) is 0 Å². The third kappa shape index (κ3) is 3.59. The number of carbonyl (C=O) groups is 2. The van der Waals surface area contributed by atoms with Crippen LogP contribution in [0.15, 0.2) is 42.6 Å². The van der Waals surface area contributed by atoms with Crippen LogP contribution >= 0.6 is 0 Å². The van der Waals surface area contributed by atoms with E-state index >= 15 is 0 Å². The second-order valence-corrected chi connectivity index (χ2v) is 5.73. The first-order chi connectivity index (χ1) is 11.1. The molecule has 1 aromatic carbocycles. The highest BCUT2D eigenvalue weighted by atomic mass is 16.2. The first-order valence-corrected chi connectivity index (χ1v) is 7.81. The van der Waals surface area contributed by atoms with Crippen molar-refractivity contribution in [1.82, 2.24) is 20.0 Å². The van der Waals surface area contributed by atoms with Crippen LogP contribution in [0.3, 0.4) is 0 Å². The van der Waals surface area contributed by atoms with Crippen molar-refractivity contribution in [2.75, 3.05) is 13.1 Å². The molecule has 1 aliphatic rings. The molecule has 1 aromatic heterocycles. The van der Waals surface area contributed by atoms with E-state index in [2.05, 4.69) is 10.4 Å². The molecule has 0 bridgehead atoms. The van der Waals surface area contributed by atoms with E-state index in [0.29, 0.717) is 18.8 Å². The molecule has 0 atom stereocenters. The van der Waals surface area contributed by atoms with Crippen molar-refractivity contribution >= 4 is 11.8 Å². The Balaban J connectivity index is 1.59. The maximum Gasteiger partial charge on any atom is 0.272 e. The van der Waals surface area contributed by atoms with Crippen molar-refractivity contribution < 1.29 is 9.59 Å². The van der Waals surface area contributed by atoms with Gasteiger partial charge in [-0.25, -0.2) is 4.68 Å². The number of hydrogen-bond acceptors (Lipinski definition) is 3. The van der Waals surface area contributed by atoms with Gasteiger partial charge in [-0.15, -0.1) is 0 Å². The van der Waals surface area contributed by atoms with Crippen molar-refractivity contribution in [3.8, 4) is 5.69 Å². The number of piperidine rings is 1. The minimum atomic E-state index is -0.166. The van der Waals surface area contributed by atoms with E-state index in [1.165, 1.54) is 0 Å². The van der Waals surface area contributed by atoms with Crippen LogP contribution in [0.1, 0.15) is 30.3 Å². The Labute approximate surface area is 135 Å². The number of amides is 2. The number of rotatable bonds is 3. The number of nitrogens with zero attached hydrogens (tertiary/aromatic N) is 3. The van der Waals surface area contributed by atoms with E-state index in [1.807, 2.05) is 35.2 Å². The average molecular weight is 312 g/mol. The number of benzene rings is 1. The molecule has 1 fully saturated rings. The molecule has 0 radical (unpaired) electrons. The molecule has 2 amide bonds. The van der Waals surface area contributed by atoms with E-state index in [4.69, 9.17) is 0 Å². The van der Waals surface area contributed by atoms with Crippen LogP contribution in [-0.4, -0.2) is 45.6 Å². The molecule has 6 heteroatoms. The summed E-state index contributed by atoms with van der Waals surface area (Å²) in [6.07, 6.45) is 3.35. The molecular weight excluding hydrogens is 292 g/mol. The van der Waals surface area contributed by atoms with Gasteiger partial charge in [0, 0.05) is 32.3 Å². The summed E-state index contributed by atoms with van der Waals surface area (Å²) >= 11 is 0. The highest BCUT2D eigenvalue weighted by Crippen LogP contribution is 2.12. The van der Waals surface area contributed by atoms with Gasteiger partial charge < -0.3 is 10.2 Å². The third-order valence-electron chi connectivity index (χ3n) is 4.12. The fraction of sp³-hybridized carbons (Fsp3) is 0.353. The van der Waals surface area contributed by atoms with Crippen LogP contribution in [0.25, 0.3) is 5.69 Å². The number of nitrogens with one attached hydrogen (secondary N) is 1. The first kappa shape index (κ1) is 15.3. The minimum Gasteiger partial charge on any atom is -0.348 e. The van der Waals surface area contributed by atoms with Crippen LogP contribution < -0.4 is 5.32 Å². The number of carbonyl (C=O) groups excluding carboxylic acids is 2. The molecule has 2 aromatic rings. The normalized spacial score (nSPS) is 15.4. The fourth-order valence-corrected chi connectivity index (χ4v) is 2.77. The van der Waals surface area contributed by atoms with Crippen molar-refractivity contribution in [3.63, 3.8) is 0 Å². The zero-order chi connectivity index (χ0) is 16.2. The van der Waals surface area contributed by atoms with E-state index in [0.717, 1.165) is 18.5 Å². The van der Waals surface area contributed by atoms with E-state index in [1.54, 1.807) is 23.9 Å². The Morgan fingerprint density at radius 1 is 1.13 bits per heavy atom. The summed E-state index contributed by atoms with van der Waals surface area (Å²) in [5, 5.41) is 7.34. The van der Waals surface area contributed by atoms with Crippen LogP contribution in [0.2, 0.25) is 0 Å². The van der Waals surface area contributed by atoms with Crippen molar-refractivity contribution in [3.05, 3.63) is 48.3 Å². The molecule has 6 nitrogen and oxygen atoms in total. The van der Waals surface area contributed by atoms with E-state index < -0.39 is 0 Å². The second kappa shape index (κ2) is 6.64. The maximum atomic E-state index is 12.3. The van der Waals surface area contributed by atoms with Gasteiger partial charge in [-0.3, -0.25) is 9.59 Å². The predicted molar refractivity (Wildman–Crippen MR) is 86.3 cm³/mol. The van der Waals surface area contributed by atoms with Crippen LogP contribution in [-0.2, 0) is 4.79 Å². The monoisotopic (exact) mass is 312 g/mol. The molecule has 0 spiro atoms. The highest BCUT2D eigenvalue weighted by Gasteiger charge is 2.23. The van der Waals surface area contributed by atoms with Gasteiger partial charge in [-0.05, 0) is 31.0 Å². The zero-order valence-electron chi connectivity index (χ0n) is 13.1. The summed E-state index contributed by atoms with van der Waals surface area (Å²) in [6, 6.07) is 11.5. The molecule has 120 valence electrons. The quantitative estimate of drug-likeness (QED) is 0.936. The number of aromatic nitrogens is 2. The summed E-state index contributed by atoms with van der Waals surface area (Å²) in [6.45, 7) is 2.96. The summed E-state index contributed by atoms with van der Waals surface area (Å²) in [7, 11) is 0. The molecule has 2 heterocycles. The van der Waals surface area contributed by atoms with Gasteiger partial charge in [0.2, 0.25) is 5.91 Å². The number of para-hydroxylation sites is 1. The SMILES string of the molecule is CC(=O)N1CCC(NC(=O)c2ccn(-c3ccccc3)n2)CC1. The summed E-state index contributed by atoms with van der Waals surface area (Å²) < 4.78 is 1.69. The lowest BCUT2D eigenvalue weighted by Crippen LogP contribution is -2.46. The van der Waals surface area contributed by atoms with E-state index in [9.17, 15) is 9.59 Å². The molecule has 1 aliphatic heterocycles. The van der Waals surface area contributed by atoms with Gasteiger partial charge >= 0.3 is 0 Å². The van der Waals surface area contributed by atoms with Gasteiger partial charge in [-0.2, -0.15) is 5.10 Å². The van der Waals surface area contributed by atoms with Crippen LogP contribution in [0.5, 0.6) is 0 Å². The molecule has 1 saturated heterocycles. The largest absolute Gasteiger partial charge is 0.348 e. The Kier molecular flexibility index (Phi) is 4.41. The predicted octanol–water partition coefficient (Wildman–Crippen LogP) is 1.61. The molecule has 0 unspecified atom stereocenters. The standard InChI is InChI=1S/C17H20N4O2/c1-13(22)20-10-7-14(8-11-20)18-17(23)16-9-12-21(19-16)15-5-3-2-4-6-15/h2-6,9,12,14H,7-8,10-11H2,1H3,(H,18,23). The topological polar surface area (TPSA) is 67.2 Å². The van der Waals surface area contributed by atoms with Crippen molar-refractivity contribution in [1.29, 1.82) is 0 Å². The first-order valence-electron chi connectivity index (χ1n) is 7.81. The smallest absolute Gasteiger partial charge is 0.272 e. The number of likely N-dealkylation sites (tertiary alicyclic amines) is 1. The molecule has 1 N–H and O–H groups in total. The summed E-state index contributed by atoms with van der Waals surface area (Å²) in [5.41, 5.74) is 1.32. The lowest BCUT2D eigenvalue weighted by Gasteiger charge is -2.31. The Bertz CT molecular complexity index is 688. The molecule has 0 saturated carbocycles. The summed E-state index contributed by atoms with van der Waals surface area (Å²) in [5.74, 6) is -0.0719. The highest BCUT2D eigenvalue weighted by molar-refractivity contribution is 5.92. The molecule has 0 aliphatic carbocycles. The van der Waals surface area contributed by atoms with E-state index in [-0.39, 0.29) is 17.9 Å². The Morgan fingerprint density at radius 3 is 2.48 bits per heavy atom. The van der Waals surface area contributed by atoms with Gasteiger partial charge in [-0.1, -0.05) is 18.2 Å². The lowest BCUT2D eigenvalue weighted by atomic mass is 10.0. The zero-order valence-corrected chi connectivity index (χ0v) is 13.1. The number of hydrogen-bond donors (Lipinski definition) is 1. The lowest BCUT2D eigenvalue weighted by molar-refractivity contribution is -0.129. The summed E-state index contributed by atoms with van der Waals surface area (Å²) in [4.78, 5) is 25.4. The van der Waals surface area contributed by atoms with Crippen molar-refractivity contribution in [2.24, 2.45) is 0 Å².